The van der Waals surface area contributed by atoms with E-state index in [0.717, 1.165) is 55.8 Å². The van der Waals surface area contributed by atoms with Crippen molar-refractivity contribution in [3.63, 3.8) is 0 Å². The minimum Gasteiger partial charge on any atom is -0.509 e. The summed E-state index contributed by atoms with van der Waals surface area (Å²) >= 11 is 0. The van der Waals surface area contributed by atoms with E-state index < -0.39 is 0 Å². The molecule has 0 N–H and O–H groups in total. The molecule has 7 aromatic rings. The summed E-state index contributed by atoms with van der Waals surface area (Å²) < 4.78 is 10.7. The van der Waals surface area contributed by atoms with Gasteiger partial charge in [0.05, 0.1) is 5.69 Å². The van der Waals surface area contributed by atoms with Crippen molar-refractivity contribution in [2.75, 3.05) is 0 Å². The Morgan fingerprint density at radius 2 is 1.50 bits per heavy atom. The summed E-state index contributed by atoms with van der Waals surface area (Å²) in [7, 11) is 0. The number of fused-ring (bicyclic) bond motifs is 3. The van der Waals surface area contributed by atoms with E-state index in [-0.39, 0.29) is 26.3 Å². The van der Waals surface area contributed by atoms with Crippen LogP contribution in [0.2, 0.25) is 0 Å². The first-order valence-corrected chi connectivity index (χ1v) is 15.5. The largest absolute Gasteiger partial charge is 2.00 e. The predicted molar refractivity (Wildman–Crippen MR) is 183 cm³/mol. The van der Waals surface area contributed by atoms with Gasteiger partial charge in [0.15, 0.2) is 0 Å². The third-order valence-electron chi connectivity index (χ3n) is 8.68. The molecule has 5 nitrogen and oxygen atoms in total. The third-order valence-corrected chi connectivity index (χ3v) is 8.68. The molecule has 0 aliphatic rings. The molecule has 0 spiro atoms. The van der Waals surface area contributed by atoms with Gasteiger partial charge in [-0.1, -0.05) is 55.8 Å². The zero-order valence-electron chi connectivity index (χ0n) is 27.2. The van der Waals surface area contributed by atoms with Gasteiger partial charge in [0.2, 0.25) is 0 Å². The van der Waals surface area contributed by atoms with Crippen molar-refractivity contribution < 1.29 is 25.2 Å². The molecule has 3 aromatic heterocycles. The second-order valence-corrected chi connectivity index (χ2v) is 12.3. The van der Waals surface area contributed by atoms with Gasteiger partial charge in [-0.05, 0) is 92.1 Å². The second kappa shape index (κ2) is 12.4. The van der Waals surface area contributed by atoms with Gasteiger partial charge in [0.25, 0.3) is 0 Å². The number of benzene rings is 4. The van der Waals surface area contributed by atoms with E-state index in [2.05, 4.69) is 132 Å². The van der Waals surface area contributed by atoms with E-state index >= 15 is 0 Å². The van der Waals surface area contributed by atoms with Crippen LogP contribution >= 0.6 is 0 Å². The monoisotopic (exact) mass is 694 g/mol. The predicted octanol–water partition coefficient (Wildman–Crippen LogP) is 10.1. The summed E-state index contributed by atoms with van der Waals surface area (Å²) in [4.78, 5) is 4.71. The summed E-state index contributed by atoms with van der Waals surface area (Å²) in [5.74, 6) is 2.39. The van der Waals surface area contributed by atoms with Crippen LogP contribution in [0.15, 0.2) is 85.1 Å². The summed E-state index contributed by atoms with van der Waals surface area (Å²) in [5.41, 5.74) is 12.1. The first-order valence-electron chi connectivity index (χ1n) is 15.5. The van der Waals surface area contributed by atoms with E-state index in [4.69, 9.17) is 14.8 Å². The Kier molecular flexibility index (Phi) is 8.46. The second-order valence-electron chi connectivity index (χ2n) is 12.3. The standard InChI is InChI=1S/C40H36N4O.Pd/c1-24(2)30-20-31(44-29(7)40(28(6)42-44)39-26(4)11-10-12-27(39)5)22-33(21-30)45-32-15-16-35-34-13-8-9-14-36(34)43(37(35)23-32)38-19-25(3)17-18-41-38;/h8-21,24H,1-7H3;/q-2;+2. The van der Waals surface area contributed by atoms with Gasteiger partial charge in [-0.3, -0.25) is 4.68 Å². The first kappa shape index (κ1) is 31.5. The number of hydrogen-bond donors (Lipinski definition) is 0. The quantitative estimate of drug-likeness (QED) is 0.129. The van der Waals surface area contributed by atoms with Crippen LogP contribution in [0.4, 0.5) is 0 Å². The van der Waals surface area contributed by atoms with Crippen LogP contribution < -0.4 is 4.74 Å². The van der Waals surface area contributed by atoms with Crippen molar-refractivity contribution >= 4 is 21.8 Å². The van der Waals surface area contributed by atoms with E-state index in [9.17, 15) is 0 Å². The Morgan fingerprint density at radius 1 is 0.739 bits per heavy atom. The number of rotatable bonds is 6. The van der Waals surface area contributed by atoms with Gasteiger partial charge in [0, 0.05) is 34.5 Å². The molecule has 4 aromatic carbocycles. The maximum absolute atomic E-state index is 6.56. The minimum absolute atomic E-state index is 0. The average Bonchev–Trinajstić information content (AvgIpc) is 3.50. The number of aryl methyl sites for hydroxylation is 4. The molecule has 0 amide bonds. The van der Waals surface area contributed by atoms with Crippen molar-refractivity contribution in [3.05, 3.63) is 131 Å². The Labute approximate surface area is 284 Å². The molecule has 232 valence electrons. The summed E-state index contributed by atoms with van der Waals surface area (Å²) in [5, 5.41) is 7.27. The molecule has 46 heavy (non-hydrogen) atoms. The van der Waals surface area contributed by atoms with Crippen molar-refractivity contribution in [2.45, 2.75) is 54.4 Å². The fraction of sp³-hybridized carbons (Fsp3) is 0.200. The van der Waals surface area contributed by atoms with Crippen LogP contribution in [-0.2, 0) is 20.4 Å². The maximum Gasteiger partial charge on any atom is 2.00 e. The number of para-hydroxylation sites is 1. The Morgan fingerprint density at radius 3 is 2.24 bits per heavy atom. The molecule has 0 saturated carbocycles. The van der Waals surface area contributed by atoms with Gasteiger partial charge >= 0.3 is 20.4 Å². The summed E-state index contributed by atoms with van der Waals surface area (Å²) in [6, 6.07) is 34.4. The topological polar surface area (TPSA) is 44.9 Å². The molecule has 0 aliphatic heterocycles. The first-order chi connectivity index (χ1) is 21.7. The number of pyridine rings is 1. The van der Waals surface area contributed by atoms with Crippen LogP contribution in [0, 0.1) is 46.8 Å². The Balaban J connectivity index is 0.00000372. The molecule has 0 atom stereocenters. The molecule has 3 heterocycles. The van der Waals surface area contributed by atoms with Crippen molar-refractivity contribution in [3.8, 4) is 34.1 Å². The van der Waals surface area contributed by atoms with Gasteiger partial charge in [0.1, 0.15) is 5.82 Å². The normalized spacial score (nSPS) is 11.4. The molecule has 0 unspecified atom stereocenters. The van der Waals surface area contributed by atoms with E-state index in [1.807, 2.05) is 23.0 Å². The molecule has 0 radical (unpaired) electrons. The maximum atomic E-state index is 6.56. The smallest absolute Gasteiger partial charge is 0.509 e. The number of hydrogen-bond acceptors (Lipinski definition) is 3. The van der Waals surface area contributed by atoms with E-state index in [1.54, 1.807) is 0 Å². The molecular weight excluding hydrogens is 659 g/mol. The van der Waals surface area contributed by atoms with Crippen molar-refractivity contribution in [1.29, 1.82) is 0 Å². The van der Waals surface area contributed by atoms with E-state index in [0.29, 0.717) is 11.5 Å². The Hall–Kier alpha value is -4.50. The average molecular weight is 695 g/mol. The zero-order chi connectivity index (χ0) is 31.4. The molecule has 0 saturated heterocycles. The van der Waals surface area contributed by atoms with Crippen LogP contribution in [0.1, 0.15) is 53.4 Å². The molecule has 0 bridgehead atoms. The fourth-order valence-corrected chi connectivity index (χ4v) is 6.43. The van der Waals surface area contributed by atoms with Crippen LogP contribution in [-0.4, -0.2) is 19.3 Å². The van der Waals surface area contributed by atoms with Crippen LogP contribution in [0.5, 0.6) is 11.5 Å². The summed E-state index contributed by atoms with van der Waals surface area (Å²) in [6.07, 6.45) is 1.85. The number of nitrogens with zero attached hydrogens (tertiary/aromatic N) is 4. The third kappa shape index (κ3) is 5.47. The molecular formula is C40H36N4OPd. The molecule has 0 fully saturated rings. The van der Waals surface area contributed by atoms with Gasteiger partial charge in [-0.15, -0.1) is 41.3 Å². The minimum atomic E-state index is 0. The van der Waals surface area contributed by atoms with Crippen LogP contribution in [0.3, 0.4) is 0 Å². The fourth-order valence-electron chi connectivity index (χ4n) is 6.43. The van der Waals surface area contributed by atoms with Gasteiger partial charge in [-0.25, -0.2) is 4.98 Å². The SMILES string of the molecule is Cc1ccnc(-n2c3[c-]c(Oc4[c-]c(-n5nc(C)c(-c6c(C)cccc6C)c5C)cc(C(C)C)c4)ccc3c3ccccc32)c1.[Pd+2]. The number of aromatic nitrogens is 4. The van der Waals surface area contributed by atoms with Crippen molar-refractivity contribution in [2.24, 2.45) is 0 Å². The number of ether oxygens (including phenoxy) is 1. The molecule has 0 aliphatic carbocycles. The Bertz CT molecular complexity index is 2220. The van der Waals surface area contributed by atoms with Crippen molar-refractivity contribution in [1.82, 2.24) is 19.3 Å². The summed E-state index contributed by atoms with van der Waals surface area (Å²) in [6.45, 7) is 15.0. The zero-order valence-corrected chi connectivity index (χ0v) is 28.7. The van der Waals surface area contributed by atoms with Crippen LogP contribution in [0.25, 0.3) is 44.4 Å². The van der Waals surface area contributed by atoms with E-state index in [1.165, 1.54) is 22.3 Å². The van der Waals surface area contributed by atoms with Gasteiger partial charge in [-0.2, -0.15) is 11.2 Å². The molecule has 6 heteroatoms. The van der Waals surface area contributed by atoms with Gasteiger partial charge < -0.3 is 9.30 Å². The molecule has 7 rings (SSSR count).